The standard InChI is InChI=1S/C8H15NO4.H4NO3P/c1-3-12-7(10)5-9-6-8(11)13-4-2;1-5(2,3)4/h9H,3-6H2,1-2H3;(H4,1,2,3,4). The first kappa shape index (κ1) is 19.4. The van der Waals surface area contributed by atoms with Crippen molar-refractivity contribution in [3.05, 3.63) is 0 Å². The first-order chi connectivity index (χ1) is 8.20. The van der Waals surface area contributed by atoms with Crippen LogP contribution in [0.5, 0.6) is 0 Å². The highest BCUT2D eigenvalue weighted by molar-refractivity contribution is 7.49. The molecule has 0 saturated heterocycles. The molecule has 0 aromatic rings. The van der Waals surface area contributed by atoms with Gasteiger partial charge in [0.05, 0.1) is 26.3 Å². The highest BCUT2D eigenvalue weighted by Crippen LogP contribution is 2.20. The zero-order valence-electron chi connectivity index (χ0n) is 10.3. The van der Waals surface area contributed by atoms with Crippen LogP contribution in [0.3, 0.4) is 0 Å². The molecule has 9 nitrogen and oxygen atoms in total. The van der Waals surface area contributed by atoms with Crippen molar-refractivity contribution in [1.29, 1.82) is 0 Å². The van der Waals surface area contributed by atoms with Crippen molar-refractivity contribution in [2.45, 2.75) is 13.8 Å². The summed E-state index contributed by atoms with van der Waals surface area (Å²) in [5.74, 6) is -0.737. The second-order valence-corrected chi connectivity index (χ2v) is 3.98. The topological polar surface area (TPSA) is 148 Å². The maximum atomic E-state index is 10.7. The monoisotopic (exact) mass is 286 g/mol. The van der Waals surface area contributed by atoms with Crippen LogP contribution in [-0.2, 0) is 23.6 Å². The summed E-state index contributed by atoms with van der Waals surface area (Å²) in [4.78, 5) is 36.3. The molecule has 0 bridgehead atoms. The molecule has 0 atom stereocenters. The molecular weight excluding hydrogens is 267 g/mol. The Morgan fingerprint density at radius 3 is 1.61 bits per heavy atom. The predicted octanol–water partition coefficient (Wildman–Crippen LogP) is -1.26. The van der Waals surface area contributed by atoms with Crippen LogP contribution in [0.2, 0.25) is 0 Å². The van der Waals surface area contributed by atoms with E-state index in [0.717, 1.165) is 0 Å². The molecule has 0 rings (SSSR count). The van der Waals surface area contributed by atoms with Crippen LogP contribution in [0.15, 0.2) is 0 Å². The zero-order chi connectivity index (χ0) is 14.6. The third-order valence-electron chi connectivity index (χ3n) is 1.15. The van der Waals surface area contributed by atoms with Gasteiger partial charge < -0.3 is 19.3 Å². The lowest BCUT2D eigenvalue weighted by molar-refractivity contribution is -0.143. The number of hydrogen-bond donors (Lipinski definition) is 4. The van der Waals surface area contributed by atoms with Crippen LogP contribution in [0.4, 0.5) is 0 Å². The largest absolute Gasteiger partial charge is 0.465 e. The second kappa shape index (κ2) is 11.1. The molecule has 0 aromatic heterocycles. The fourth-order valence-electron chi connectivity index (χ4n) is 0.691. The van der Waals surface area contributed by atoms with Gasteiger partial charge in [0.2, 0.25) is 0 Å². The van der Waals surface area contributed by atoms with Crippen molar-refractivity contribution in [3.8, 4) is 0 Å². The van der Waals surface area contributed by atoms with Crippen LogP contribution < -0.4 is 10.8 Å². The van der Waals surface area contributed by atoms with Crippen molar-refractivity contribution < 1.29 is 33.4 Å². The van der Waals surface area contributed by atoms with E-state index in [9.17, 15) is 9.59 Å². The average Bonchev–Trinajstić information content (AvgIpc) is 2.15. The Kier molecular flexibility index (Phi) is 12.0. The molecule has 0 unspecified atom stereocenters. The van der Waals surface area contributed by atoms with Crippen molar-refractivity contribution in [2.24, 2.45) is 5.50 Å². The average molecular weight is 286 g/mol. The summed E-state index contributed by atoms with van der Waals surface area (Å²) in [5, 5.41) is 2.61. The quantitative estimate of drug-likeness (QED) is 0.346. The van der Waals surface area contributed by atoms with Gasteiger partial charge in [-0.25, -0.2) is 10.1 Å². The fourth-order valence-corrected chi connectivity index (χ4v) is 0.691. The number of hydrogen-bond acceptors (Lipinski definition) is 6. The lowest BCUT2D eigenvalue weighted by Crippen LogP contribution is -2.30. The van der Waals surface area contributed by atoms with Crippen molar-refractivity contribution in [2.75, 3.05) is 26.3 Å². The summed E-state index contributed by atoms with van der Waals surface area (Å²) in [7, 11) is -4.14. The van der Waals surface area contributed by atoms with Crippen molar-refractivity contribution in [1.82, 2.24) is 5.32 Å². The molecule has 0 aliphatic rings. The Bertz CT molecular complexity index is 265. The van der Waals surface area contributed by atoms with Gasteiger partial charge in [0, 0.05) is 0 Å². The minimum Gasteiger partial charge on any atom is -0.465 e. The summed E-state index contributed by atoms with van der Waals surface area (Å²) < 4.78 is 18.4. The summed E-state index contributed by atoms with van der Waals surface area (Å²) in [6.07, 6.45) is 0. The lowest BCUT2D eigenvalue weighted by atomic mass is 10.5. The molecule has 0 aliphatic carbocycles. The van der Waals surface area contributed by atoms with Gasteiger partial charge in [-0.2, -0.15) is 0 Å². The summed E-state index contributed by atoms with van der Waals surface area (Å²) in [6, 6.07) is 0. The molecule has 0 spiro atoms. The minimum absolute atomic E-state index is 0.0344. The molecule has 5 N–H and O–H groups in total. The van der Waals surface area contributed by atoms with E-state index in [4.69, 9.17) is 14.4 Å². The molecule has 0 aromatic carbocycles. The molecule has 0 radical (unpaired) electrons. The van der Waals surface area contributed by atoms with E-state index >= 15 is 0 Å². The number of esters is 2. The first-order valence-electron chi connectivity index (χ1n) is 5.06. The number of rotatable bonds is 6. The van der Waals surface area contributed by atoms with Gasteiger partial charge >= 0.3 is 19.7 Å². The van der Waals surface area contributed by atoms with Gasteiger partial charge in [-0.15, -0.1) is 0 Å². The van der Waals surface area contributed by atoms with Gasteiger partial charge in [-0.05, 0) is 13.8 Å². The molecule has 10 heteroatoms. The molecule has 0 aliphatic heterocycles. The van der Waals surface area contributed by atoms with E-state index in [-0.39, 0.29) is 25.0 Å². The Balaban J connectivity index is 0. The van der Waals surface area contributed by atoms with E-state index in [2.05, 4.69) is 20.3 Å². The molecule has 0 saturated carbocycles. The number of ether oxygens (including phenoxy) is 2. The minimum atomic E-state index is -4.14. The Morgan fingerprint density at radius 1 is 1.11 bits per heavy atom. The fraction of sp³-hybridized carbons (Fsp3) is 0.750. The maximum absolute atomic E-state index is 10.7. The number of nitrogens with two attached hydrogens (primary N) is 1. The first-order valence-corrected chi connectivity index (χ1v) is 6.74. The Hall–Kier alpha value is -0.990. The molecule has 0 amide bonds. The van der Waals surface area contributed by atoms with Gasteiger partial charge in [-0.1, -0.05) is 0 Å². The number of carbonyl (C=O) groups is 2. The van der Waals surface area contributed by atoms with E-state index in [0.29, 0.717) is 13.2 Å². The third-order valence-corrected chi connectivity index (χ3v) is 1.15. The zero-order valence-corrected chi connectivity index (χ0v) is 11.2. The third kappa shape index (κ3) is 24.3. The summed E-state index contributed by atoms with van der Waals surface area (Å²) in [5.41, 5.74) is 4.02. The van der Waals surface area contributed by atoms with Gasteiger partial charge in [0.1, 0.15) is 0 Å². The van der Waals surface area contributed by atoms with E-state index in [1.54, 1.807) is 13.8 Å². The van der Waals surface area contributed by atoms with Crippen LogP contribution in [0.1, 0.15) is 13.8 Å². The molecule has 18 heavy (non-hydrogen) atoms. The number of carbonyl (C=O) groups excluding carboxylic acids is 2. The molecule has 108 valence electrons. The van der Waals surface area contributed by atoms with Crippen molar-refractivity contribution in [3.63, 3.8) is 0 Å². The van der Waals surface area contributed by atoms with Crippen LogP contribution >= 0.6 is 7.75 Å². The van der Waals surface area contributed by atoms with Crippen LogP contribution in [0, 0.1) is 0 Å². The van der Waals surface area contributed by atoms with Crippen LogP contribution in [0.25, 0.3) is 0 Å². The smallest absolute Gasteiger partial charge is 0.397 e. The second-order valence-electron chi connectivity index (χ2n) is 2.80. The SMILES string of the molecule is CCOC(=O)CNCC(=O)OCC.NP(=O)(O)O. The van der Waals surface area contributed by atoms with Crippen molar-refractivity contribution >= 4 is 19.7 Å². The summed E-state index contributed by atoms with van der Waals surface area (Å²) in [6.45, 7) is 4.21. The van der Waals surface area contributed by atoms with E-state index in [1.807, 2.05) is 0 Å². The Morgan fingerprint density at radius 2 is 1.39 bits per heavy atom. The normalized spacial score (nSPS) is 10.1. The number of nitrogens with one attached hydrogen (secondary N) is 1. The van der Waals surface area contributed by atoms with Gasteiger partial charge in [0.15, 0.2) is 0 Å². The molecule has 0 fully saturated rings. The lowest BCUT2D eigenvalue weighted by Gasteiger charge is -2.03. The van der Waals surface area contributed by atoms with E-state index in [1.165, 1.54) is 0 Å². The maximum Gasteiger partial charge on any atom is 0.397 e. The van der Waals surface area contributed by atoms with Crippen LogP contribution in [-0.4, -0.2) is 48.0 Å². The van der Waals surface area contributed by atoms with Gasteiger partial charge in [0.25, 0.3) is 0 Å². The summed E-state index contributed by atoms with van der Waals surface area (Å²) >= 11 is 0. The predicted molar refractivity (Wildman–Crippen MR) is 62.4 cm³/mol. The molecular formula is C8H19N2O7P. The van der Waals surface area contributed by atoms with E-state index < -0.39 is 7.75 Å². The Labute approximate surface area is 105 Å². The highest BCUT2D eigenvalue weighted by atomic mass is 31.2. The molecule has 0 heterocycles. The highest BCUT2D eigenvalue weighted by Gasteiger charge is 2.03. The van der Waals surface area contributed by atoms with Gasteiger partial charge in [-0.3, -0.25) is 14.9 Å².